The predicted octanol–water partition coefficient (Wildman–Crippen LogP) is 3.27. The van der Waals surface area contributed by atoms with E-state index >= 15 is 0 Å². The van der Waals surface area contributed by atoms with E-state index < -0.39 is 0 Å². The highest BCUT2D eigenvalue weighted by Crippen LogP contribution is 2.43. The van der Waals surface area contributed by atoms with Gasteiger partial charge in [0, 0.05) is 11.3 Å². The topological polar surface area (TPSA) is 38.0 Å². The second kappa shape index (κ2) is 4.58. The van der Waals surface area contributed by atoms with Gasteiger partial charge in [-0.15, -0.1) is 0 Å². The Balaban J connectivity index is 2.02. The number of rotatable bonds is 4. The van der Waals surface area contributed by atoms with Gasteiger partial charge < -0.3 is 11.1 Å². The summed E-state index contributed by atoms with van der Waals surface area (Å²) in [5.74, 6) is 0. The third-order valence-electron chi connectivity index (χ3n) is 3.62. The Bertz CT molecular complexity index is 367. The molecule has 0 unspecified atom stereocenters. The van der Waals surface area contributed by atoms with E-state index in [1.54, 1.807) is 0 Å². The number of nitrogen functional groups attached to an aromatic ring is 1. The Morgan fingerprint density at radius 1 is 1.44 bits per heavy atom. The van der Waals surface area contributed by atoms with Gasteiger partial charge in [0.15, 0.2) is 0 Å². The molecule has 0 amide bonds. The monoisotopic (exact) mass is 236 g/mol. The third-order valence-corrected chi connectivity index (χ3v) is 5.04. The predicted molar refractivity (Wildman–Crippen MR) is 74.2 cm³/mol. The Hall–Kier alpha value is -0.830. The van der Waals surface area contributed by atoms with Crippen LogP contribution in [0.5, 0.6) is 0 Å². The van der Waals surface area contributed by atoms with E-state index in [-0.39, 0.29) is 0 Å². The van der Waals surface area contributed by atoms with E-state index in [1.165, 1.54) is 19.3 Å². The minimum Gasteiger partial charge on any atom is -0.397 e. The van der Waals surface area contributed by atoms with Crippen molar-refractivity contribution < 1.29 is 0 Å². The van der Waals surface area contributed by atoms with Crippen LogP contribution in [0.15, 0.2) is 18.2 Å². The van der Waals surface area contributed by atoms with Crippen LogP contribution in [0.3, 0.4) is 0 Å². The average molecular weight is 236 g/mol. The molecule has 0 bridgehead atoms. The minimum absolute atomic E-state index is 0.455. The molecule has 0 aromatic heterocycles. The summed E-state index contributed by atoms with van der Waals surface area (Å²) >= 11 is 1.99. The number of thioether (sulfide) groups is 1. The molecule has 1 aliphatic carbocycles. The first kappa shape index (κ1) is 11.6. The second-order valence-electron chi connectivity index (χ2n) is 4.63. The van der Waals surface area contributed by atoms with Gasteiger partial charge in [-0.2, -0.15) is 11.8 Å². The number of nitrogens with one attached hydrogen (secondary N) is 1. The van der Waals surface area contributed by atoms with E-state index in [9.17, 15) is 0 Å². The van der Waals surface area contributed by atoms with Crippen molar-refractivity contribution in [1.29, 1.82) is 0 Å². The minimum atomic E-state index is 0.455. The molecule has 0 spiro atoms. The maximum atomic E-state index is 6.04. The van der Waals surface area contributed by atoms with Crippen LogP contribution in [0, 0.1) is 6.92 Å². The highest BCUT2D eigenvalue weighted by Gasteiger charge is 2.35. The first-order chi connectivity index (χ1) is 7.67. The van der Waals surface area contributed by atoms with Gasteiger partial charge >= 0.3 is 0 Å². The summed E-state index contributed by atoms with van der Waals surface area (Å²) in [4.78, 5) is 0. The molecule has 1 aliphatic rings. The summed E-state index contributed by atoms with van der Waals surface area (Å²) in [7, 11) is 0. The average Bonchev–Trinajstić information content (AvgIpc) is 2.23. The molecule has 88 valence electrons. The molecule has 1 aromatic rings. The molecule has 1 fully saturated rings. The first-order valence-electron chi connectivity index (χ1n) is 5.81. The number of benzene rings is 1. The Morgan fingerprint density at radius 2 is 2.19 bits per heavy atom. The summed E-state index contributed by atoms with van der Waals surface area (Å²) in [6.45, 7) is 3.08. The summed E-state index contributed by atoms with van der Waals surface area (Å²) in [5, 5.41) is 3.50. The number of para-hydroxylation sites is 1. The fourth-order valence-corrected chi connectivity index (χ4v) is 3.03. The summed E-state index contributed by atoms with van der Waals surface area (Å²) in [5.41, 5.74) is 9.16. The van der Waals surface area contributed by atoms with Crippen LogP contribution in [-0.4, -0.2) is 17.5 Å². The number of anilines is 2. The lowest BCUT2D eigenvalue weighted by molar-refractivity contribution is 0.380. The van der Waals surface area contributed by atoms with Crippen LogP contribution in [0.25, 0.3) is 0 Å². The number of hydrogen-bond donors (Lipinski definition) is 2. The van der Waals surface area contributed by atoms with Crippen LogP contribution in [0.1, 0.15) is 24.8 Å². The molecule has 0 aliphatic heterocycles. The van der Waals surface area contributed by atoms with Crippen molar-refractivity contribution in [3.8, 4) is 0 Å². The summed E-state index contributed by atoms with van der Waals surface area (Å²) in [6.07, 6.45) is 6.23. The van der Waals surface area contributed by atoms with E-state index in [1.807, 2.05) is 24.8 Å². The van der Waals surface area contributed by atoms with Gasteiger partial charge in [-0.25, -0.2) is 0 Å². The van der Waals surface area contributed by atoms with Gasteiger partial charge in [0.05, 0.1) is 11.4 Å². The van der Waals surface area contributed by atoms with Gasteiger partial charge in [0.2, 0.25) is 0 Å². The van der Waals surface area contributed by atoms with E-state index in [2.05, 4.69) is 23.7 Å². The summed E-state index contributed by atoms with van der Waals surface area (Å²) in [6, 6.07) is 6.17. The summed E-state index contributed by atoms with van der Waals surface area (Å²) < 4.78 is 0.455. The van der Waals surface area contributed by atoms with Crippen molar-refractivity contribution in [3.63, 3.8) is 0 Å². The molecule has 3 heteroatoms. The van der Waals surface area contributed by atoms with Crippen LogP contribution in [0.4, 0.5) is 11.4 Å². The van der Waals surface area contributed by atoms with Crippen molar-refractivity contribution in [1.82, 2.24) is 0 Å². The maximum Gasteiger partial charge on any atom is 0.0579 e. The Morgan fingerprint density at radius 3 is 2.75 bits per heavy atom. The van der Waals surface area contributed by atoms with Gasteiger partial charge in [0.25, 0.3) is 0 Å². The molecule has 3 N–H and O–H groups in total. The van der Waals surface area contributed by atoms with Gasteiger partial charge in [-0.3, -0.25) is 0 Å². The largest absolute Gasteiger partial charge is 0.397 e. The number of hydrogen-bond acceptors (Lipinski definition) is 3. The highest BCUT2D eigenvalue weighted by molar-refractivity contribution is 8.00. The first-order valence-corrected chi connectivity index (χ1v) is 7.03. The van der Waals surface area contributed by atoms with E-state index in [0.717, 1.165) is 23.5 Å². The molecular formula is C13H20N2S. The second-order valence-corrected chi connectivity index (χ2v) is 5.90. The van der Waals surface area contributed by atoms with Crippen LogP contribution in [-0.2, 0) is 0 Å². The third kappa shape index (κ3) is 2.14. The maximum absolute atomic E-state index is 6.04. The molecule has 0 saturated heterocycles. The lowest BCUT2D eigenvalue weighted by atomic mass is 9.84. The van der Waals surface area contributed by atoms with Crippen molar-refractivity contribution in [3.05, 3.63) is 23.8 Å². The number of nitrogens with two attached hydrogens (primary N) is 1. The normalized spacial score (nSPS) is 17.9. The molecule has 2 rings (SSSR count). The van der Waals surface area contributed by atoms with Crippen LogP contribution < -0.4 is 11.1 Å². The lowest BCUT2D eigenvalue weighted by Crippen LogP contribution is -2.40. The van der Waals surface area contributed by atoms with Crippen LogP contribution >= 0.6 is 11.8 Å². The van der Waals surface area contributed by atoms with Gasteiger partial charge in [-0.05, 0) is 37.7 Å². The van der Waals surface area contributed by atoms with Crippen molar-refractivity contribution in [2.45, 2.75) is 30.9 Å². The lowest BCUT2D eigenvalue weighted by Gasteiger charge is -2.40. The van der Waals surface area contributed by atoms with Gasteiger partial charge in [-0.1, -0.05) is 18.6 Å². The van der Waals surface area contributed by atoms with Crippen molar-refractivity contribution in [2.24, 2.45) is 0 Å². The molecule has 2 nitrogen and oxygen atoms in total. The van der Waals surface area contributed by atoms with Crippen molar-refractivity contribution in [2.75, 3.05) is 23.9 Å². The van der Waals surface area contributed by atoms with Crippen LogP contribution in [0.2, 0.25) is 0 Å². The van der Waals surface area contributed by atoms with Crippen molar-refractivity contribution >= 4 is 23.1 Å². The highest BCUT2D eigenvalue weighted by atomic mass is 32.2. The van der Waals surface area contributed by atoms with E-state index in [4.69, 9.17) is 5.73 Å². The number of aryl methyl sites for hydroxylation is 1. The molecule has 0 radical (unpaired) electrons. The Kier molecular flexibility index (Phi) is 3.33. The zero-order valence-corrected chi connectivity index (χ0v) is 10.9. The molecule has 0 atom stereocenters. The quantitative estimate of drug-likeness (QED) is 0.788. The molecule has 1 aromatic carbocycles. The molecule has 0 heterocycles. The molecule has 16 heavy (non-hydrogen) atoms. The Labute approximate surface area is 102 Å². The smallest absolute Gasteiger partial charge is 0.0579 e. The van der Waals surface area contributed by atoms with E-state index in [0.29, 0.717) is 4.75 Å². The zero-order valence-electron chi connectivity index (χ0n) is 10.0. The molecular weight excluding hydrogens is 216 g/mol. The zero-order chi connectivity index (χ0) is 11.6. The molecule has 1 saturated carbocycles. The standard InChI is InChI=1S/C13H20N2S/c1-10-5-3-6-11(12(10)14)15-9-13(16-2)7-4-8-13/h3,5-6,15H,4,7-9,14H2,1-2H3. The SMILES string of the molecule is CSC1(CNc2cccc(C)c2N)CCC1. The fraction of sp³-hybridized carbons (Fsp3) is 0.538. The fourth-order valence-electron chi connectivity index (χ4n) is 2.12. The van der Waals surface area contributed by atoms with Gasteiger partial charge in [0.1, 0.15) is 0 Å².